The van der Waals surface area contributed by atoms with Crippen molar-refractivity contribution in [2.75, 3.05) is 26.4 Å². The number of ether oxygens (including phenoxy) is 2. The van der Waals surface area contributed by atoms with Crippen molar-refractivity contribution in [2.24, 2.45) is 0 Å². The summed E-state index contributed by atoms with van der Waals surface area (Å²) in [7, 11) is -4.62. The predicted molar refractivity (Wildman–Crippen MR) is 196 cm³/mol. The third-order valence-electron chi connectivity index (χ3n) is 8.82. The van der Waals surface area contributed by atoms with Crippen LogP contribution in [0.1, 0.15) is 194 Å². The minimum atomic E-state index is -4.62. The molecule has 0 spiro atoms. The maximum absolute atomic E-state index is 12.3. The lowest BCUT2D eigenvalue weighted by Gasteiger charge is -2.20. The van der Waals surface area contributed by atoms with Gasteiger partial charge < -0.3 is 24.6 Å². The summed E-state index contributed by atoms with van der Waals surface area (Å²) in [5.41, 5.74) is 0. The predicted octanol–water partition coefficient (Wildman–Crippen LogP) is 9.89. The summed E-state index contributed by atoms with van der Waals surface area (Å²) in [5.74, 6) is -1.01. The summed E-state index contributed by atoms with van der Waals surface area (Å²) >= 11 is 0. The van der Waals surface area contributed by atoms with Gasteiger partial charge in [0.1, 0.15) is 12.2 Å². The SMILES string of the molecule is CCCCCCCCCCCCCCCCCC(=O)OC(CO)COP(=O)(O)OCC(CO)OC(=O)CCCCCCCCCCCCC. The van der Waals surface area contributed by atoms with Crippen molar-refractivity contribution in [1.29, 1.82) is 0 Å². The van der Waals surface area contributed by atoms with Gasteiger partial charge in [0.05, 0.1) is 26.4 Å². The molecule has 3 unspecified atom stereocenters. The average Bonchev–Trinajstić information content (AvgIpc) is 3.09. The first-order valence-corrected chi connectivity index (χ1v) is 21.5. The van der Waals surface area contributed by atoms with Gasteiger partial charge in [-0.2, -0.15) is 0 Å². The number of aliphatic hydroxyl groups is 2. The van der Waals surface area contributed by atoms with Gasteiger partial charge in [0.2, 0.25) is 0 Å². The Kier molecular flexibility index (Phi) is 34.6. The van der Waals surface area contributed by atoms with Crippen LogP contribution in [0.4, 0.5) is 0 Å². The minimum Gasteiger partial charge on any atom is -0.457 e. The molecular weight excluding hydrogens is 647 g/mol. The highest BCUT2D eigenvalue weighted by Crippen LogP contribution is 2.43. The normalized spacial score (nSPS) is 14.0. The van der Waals surface area contributed by atoms with Crippen LogP contribution < -0.4 is 0 Å². The van der Waals surface area contributed by atoms with Gasteiger partial charge in [-0.15, -0.1) is 0 Å². The zero-order valence-electron chi connectivity index (χ0n) is 31.4. The number of hydrogen-bond donors (Lipinski definition) is 3. The number of carbonyl (C=O) groups is 2. The summed E-state index contributed by atoms with van der Waals surface area (Å²) in [6.45, 7) is 2.21. The Labute approximate surface area is 299 Å². The van der Waals surface area contributed by atoms with Gasteiger partial charge >= 0.3 is 19.8 Å². The Morgan fingerprint density at radius 3 is 0.959 bits per heavy atom. The molecule has 0 rings (SSSR count). The number of esters is 2. The van der Waals surface area contributed by atoms with Crippen LogP contribution in [-0.4, -0.2) is 65.7 Å². The van der Waals surface area contributed by atoms with Crippen LogP contribution in [0, 0.1) is 0 Å². The van der Waals surface area contributed by atoms with Crippen LogP contribution >= 0.6 is 7.82 Å². The van der Waals surface area contributed by atoms with E-state index in [1.807, 2.05) is 0 Å². The second kappa shape index (κ2) is 35.4. The molecule has 0 aliphatic heterocycles. The highest BCUT2D eigenvalue weighted by Gasteiger charge is 2.27. The Morgan fingerprint density at radius 2 is 0.714 bits per heavy atom. The molecule has 49 heavy (non-hydrogen) atoms. The molecule has 0 aromatic carbocycles. The fraction of sp³-hybridized carbons (Fsp3) is 0.947. The lowest BCUT2D eigenvalue weighted by Crippen LogP contribution is -2.28. The molecule has 0 aliphatic rings. The molecule has 0 heterocycles. The molecule has 0 fully saturated rings. The Morgan fingerprint density at radius 1 is 0.469 bits per heavy atom. The van der Waals surface area contributed by atoms with E-state index in [-0.39, 0.29) is 12.8 Å². The summed E-state index contributed by atoms with van der Waals surface area (Å²) in [4.78, 5) is 34.3. The summed E-state index contributed by atoms with van der Waals surface area (Å²) in [6.07, 6.45) is 29.3. The van der Waals surface area contributed by atoms with Crippen molar-refractivity contribution >= 4 is 19.8 Å². The third-order valence-corrected chi connectivity index (χ3v) is 9.77. The molecule has 11 heteroatoms. The smallest absolute Gasteiger partial charge is 0.457 e. The maximum atomic E-state index is 12.3. The van der Waals surface area contributed by atoms with E-state index in [0.29, 0.717) is 12.8 Å². The van der Waals surface area contributed by atoms with Gasteiger partial charge in [-0.05, 0) is 12.8 Å². The average molecular weight is 723 g/mol. The molecular formula is C38H75O10P. The zero-order valence-corrected chi connectivity index (χ0v) is 32.3. The van der Waals surface area contributed by atoms with Crippen LogP contribution in [0.25, 0.3) is 0 Å². The topological polar surface area (TPSA) is 149 Å². The van der Waals surface area contributed by atoms with Crippen molar-refractivity contribution in [2.45, 2.75) is 206 Å². The third kappa shape index (κ3) is 33.9. The van der Waals surface area contributed by atoms with Crippen molar-refractivity contribution in [3.8, 4) is 0 Å². The highest BCUT2D eigenvalue weighted by molar-refractivity contribution is 7.47. The van der Waals surface area contributed by atoms with E-state index in [1.54, 1.807) is 0 Å². The van der Waals surface area contributed by atoms with Crippen LogP contribution in [-0.2, 0) is 32.7 Å². The Balaban J connectivity index is 3.93. The van der Waals surface area contributed by atoms with Gasteiger partial charge in [-0.3, -0.25) is 18.6 Å². The lowest BCUT2D eigenvalue weighted by atomic mass is 10.0. The van der Waals surface area contributed by atoms with Crippen LogP contribution in [0.3, 0.4) is 0 Å². The largest absolute Gasteiger partial charge is 0.472 e. The molecule has 0 aliphatic carbocycles. The van der Waals surface area contributed by atoms with Crippen molar-refractivity contribution in [1.82, 2.24) is 0 Å². The minimum absolute atomic E-state index is 0.198. The van der Waals surface area contributed by atoms with E-state index in [1.165, 1.54) is 116 Å². The molecule has 292 valence electrons. The van der Waals surface area contributed by atoms with E-state index in [2.05, 4.69) is 13.8 Å². The van der Waals surface area contributed by atoms with Gasteiger partial charge in [-0.1, -0.05) is 168 Å². The summed E-state index contributed by atoms with van der Waals surface area (Å²) in [5, 5.41) is 19.1. The van der Waals surface area contributed by atoms with E-state index in [4.69, 9.17) is 18.5 Å². The van der Waals surface area contributed by atoms with E-state index in [0.717, 1.165) is 38.5 Å². The van der Waals surface area contributed by atoms with Crippen LogP contribution in [0.2, 0.25) is 0 Å². The molecule has 0 saturated heterocycles. The quantitative estimate of drug-likeness (QED) is 0.0319. The van der Waals surface area contributed by atoms with Crippen LogP contribution in [0.5, 0.6) is 0 Å². The summed E-state index contributed by atoms with van der Waals surface area (Å²) < 4.78 is 32.5. The first-order chi connectivity index (χ1) is 23.8. The Hall–Kier alpha value is -1.03. The second-order valence-corrected chi connectivity index (χ2v) is 15.1. The Bertz CT molecular complexity index is 796. The number of phosphoric acid groups is 1. The van der Waals surface area contributed by atoms with Crippen LogP contribution in [0.15, 0.2) is 0 Å². The maximum Gasteiger partial charge on any atom is 0.472 e. The fourth-order valence-electron chi connectivity index (χ4n) is 5.70. The molecule has 0 saturated carbocycles. The molecule has 0 bridgehead atoms. The van der Waals surface area contributed by atoms with Gasteiger partial charge in [0.25, 0.3) is 0 Å². The molecule has 10 nitrogen and oxygen atoms in total. The number of unbranched alkanes of at least 4 members (excludes halogenated alkanes) is 24. The standard InChI is InChI=1S/C38H75O10P/c1-3-5-7-9-11-13-15-16-17-18-20-22-24-26-28-30-38(42)48-36(32-40)34-46-49(43,44)45-33-35(31-39)47-37(41)29-27-25-23-21-19-14-12-10-8-6-4-2/h35-36,39-40H,3-34H2,1-2H3,(H,43,44). The molecule has 0 aromatic rings. The van der Waals surface area contributed by atoms with E-state index < -0.39 is 58.4 Å². The van der Waals surface area contributed by atoms with Crippen molar-refractivity contribution in [3.63, 3.8) is 0 Å². The van der Waals surface area contributed by atoms with Crippen molar-refractivity contribution < 1.29 is 47.8 Å². The molecule has 0 radical (unpaired) electrons. The van der Waals surface area contributed by atoms with Crippen molar-refractivity contribution in [3.05, 3.63) is 0 Å². The lowest BCUT2D eigenvalue weighted by molar-refractivity contribution is -0.153. The van der Waals surface area contributed by atoms with E-state index in [9.17, 15) is 29.3 Å². The molecule has 3 atom stereocenters. The second-order valence-electron chi connectivity index (χ2n) is 13.6. The number of rotatable bonds is 38. The number of aliphatic hydroxyl groups excluding tert-OH is 2. The van der Waals surface area contributed by atoms with E-state index >= 15 is 0 Å². The number of carbonyl (C=O) groups excluding carboxylic acids is 2. The molecule has 0 aromatic heterocycles. The first-order valence-electron chi connectivity index (χ1n) is 20.0. The number of phosphoric ester groups is 1. The molecule has 0 amide bonds. The zero-order chi connectivity index (χ0) is 36.3. The highest BCUT2D eigenvalue weighted by atomic mass is 31.2. The number of hydrogen-bond acceptors (Lipinski definition) is 9. The molecule has 3 N–H and O–H groups in total. The monoisotopic (exact) mass is 723 g/mol. The van der Waals surface area contributed by atoms with Gasteiger partial charge in [-0.25, -0.2) is 4.57 Å². The summed E-state index contributed by atoms with van der Waals surface area (Å²) in [6, 6.07) is 0. The first kappa shape index (κ1) is 48.0. The van der Waals surface area contributed by atoms with Gasteiger partial charge in [0, 0.05) is 12.8 Å². The van der Waals surface area contributed by atoms with Gasteiger partial charge in [0.15, 0.2) is 0 Å². The fourth-order valence-corrected chi connectivity index (χ4v) is 6.49.